The molecule has 1 aromatic heterocycles. The largest absolute Gasteiger partial charge is 0.476 e. The molecule has 0 saturated carbocycles. The number of aromatic carboxylic acids is 1. The third kappa shape index (κ3) is 1.58. The van der Waals surface area contributed by atoms with Crippen LogP contribution < -0.4 is 11.6 Å². The molecule has 0 radical (unpaired) electrons. The predicted octanol–water partition coefficient (Wildman–Crippen LogP) is -0.740. The highest BCUT2D eigenvalue weighted by Gasteiger charge is 2.17. The summed E-state index contributed by atoms with van der Waals surface area (Å²) in [5.74, 6) is 3.60. The van der Waals surface area contributed by atoms with Gasteiger partial charge in [0.15, 0.2) is 5.69 Å². The maximum absolute atomic E-state index is 10.5. The Hall–Kier alpha value is -2.05. The molecule has 5 N–H and O–H groups in total. The Morgan fingerprint density at radius 2 is 2.31 bits per heavy atom. The fourth-order valence-corrected chi connectivity index (χ4v) is 0.760. The second-order valence-electron chi connectivity index (χ2n) is 2.24. The van der Waals surface area contributed by atoms with Crippen molar-refractivity contribution < 1.29 is 14.3 Å². The third-order valence-corrected chi connectivity index (χ3v) is 1.36. The van der Waals surface area contributed by atoms with Gasteiger partial charge in [0.05, 0.1) is 0 Å². The van der Waals surface area contributed by atoms with Crippen molar-refractivity contribution in [1.29, 1.82) is 0 Å². The highest BCUT2D eigenvalue weighted by molar-refractivity contribution is 5.95. The van der Waals surface area contributed by atoms with Crippen LogP contribution in [0.1, 0.15) is 22.1 Å². The Bertz CT molecular complexity index is 368. The molecule has 0 bridgehead atoms. The Labute approximate surface area is 73.0 Å². The van der Waals surface area contributed by atoms with Gasteiger partial charge in [0.25, 0.3) is 5.89 Å². The maximum Gasteiger partial charge on any atom is 0.358 e. The molecule has 0 saturated heterocycles. The van der Waals surface area contributed by atoms with Gasteiger partial charge in [-0.25, -0.2) is 4.79 Å². The van der Waals surface area contributed by atoms with Crippen LogP contribution >= 0.6 is 0 Å². The van der Waals surface area contributed by atoms with Gasteiger partial charge in [-0.15, -0.1) is 0 Å². The molecular weight excluding hydrogens is 176 g/mol. The molecule has 7 nitrogen and oxygen atoms in total. The summed E-state index contributed by atoms with van der Waals surface area (Å²) in [7, 11) is 0. The number of nitrogens with zero attached hydrogens (tertiary/aromatic N) is 2. The van der Waals surface area contributed by atoms with Crippen LogP contribution in [0, 0.1) is 6.92 Å². The lowest BCUT2D eigenvalue weighted by atomic mass is 10.4. The SMILES string of the molecule is Cc1oc(/C(N)=N/N)nc1C(=O)O. The van der Waals surface area contributed by atoms with Gasteiger partial charge in [-0.2, -0.15) is 10.1 Å². The van der Waals surface area contributed by atoms with E-state index in [-0.39, 0.29) is 23.2 Å². The number of hydrogen-bond acceptors (Lipinski definition) is 5. The molecule has 0 aliphatic rings. The molecule has 0 aromatic carbocycles. The van der Waals surface area contributed by atoms with Crippen molar-refractivity contribution in [3.63, 3.8) is 0 Å². The van der Waals surface area contributed by atoms with Crippen LogP contribution in [-0.4, -0.2) is 21.9 Å². The molecule has 13 heavy (non-hydrogen) atoms. The molecule has 0 unspecified atom stereocenters. The van der Waals surface area contributed by atoms with Crippen LogP contribution in [0.3, 0.4) is 0 Å². The molecule has 70 valence electrons. The number of aryl methyl sites for hydroxylation is 1. The highest BCUT2D eigenvalue weighted by atomic mass is 16.4. The second kappa shape index (κ2) is 3.13. The summed E-state index contributed by atoms with van der Waals surface area (Å²) in [4.78, 5) is 14.1. The molecule has 1 rings (SSSR count). The lowest BCUT2D eigenvalue weighted by Crippen LogP contribution is -2.16. The lowest BCUT2D eigenvalue weighted by molar-refractivity contribution is 0.0689. The molecular formula is C6H8N4O3. The summed E-state index contributed by atoms with van der Waals surface area (Å²) >= 11 is 0. The van der Waals surface area contributed by atoms with E-state index in [0.29, 0.717) is 0 Å². The van der Waals surface area contributed by atoms with Gasteiger partial charge in [-0.1, -0.05) is 0 Å². The van der Waals surface area contributed by atoms with Gasteiger partial charge >= 0.3 is 5.97 Å². The fraction of sp³-hybridized carbons (Fsp3) is 0.167. The second-order valence-corrected chi connectivity index (χ2v) is 2.24. The van der Waals surface area contributed by atoms with Crippen LogP contribution in [0.2, 0.25) is 0 Å². The van der Waals surface area contributed by atoms with Crippen molar-refractivity contribution in [1.82, 2.24) is 4.98 Å². The topological polar surface area (TPSA) is 128 Å². The Morgan fingerprint density at radius 1 is 1.69 bits per heavy atom. The van der Waals surface area contributed by atoms with Gasteiger partial charge in [0.2, 0.25) is 5.84 Å². The molecule has 1 aromatic rings. The van der Waals surface area contributed by atoms with E-state index in [9.17, 15) is 4.79 Å². The molecule has 0 atom stereocenters. The van der Waals surface area contributed by atoms with E-state index in [1.54, 1.807) is 0 Å². The summed E-state index contributed by atoms with van der Waals surface area (Å²) in [6.07, 6.45) is 0. The van der Waals surface area contributed by atoms with Crippen molar-refractivity contribution in [2.24, 2.45) is 16.7 Å². The van der Waals surface area contributed by atoms with E-state index in [1.165, 1.54) is 6.92 Å². The van der Waals surface area contributed by atoms with Crippen LogP contribution in [0.4, 0.5) is 0 Å². The van der Waals surface area contributed by atoms with E-state index < -0.39 is 5.97 Å². The van der Waals surface area contributed by atoms with Crippen LogP contribution in [-0.2, 0) is 0 Å². The quantitative estimate of drug-likeness (QED) is 0.240. The first-order valence-corrected chi connectivity index (χ1v) is 3.30. The number of rotatable bonds is 2. The van der Waals surface area contributed by atoms with E-state index >= 15 is 0 Å². The van der Waals surface area contributed by atoms with Gasteiger partial charge in [-0.3, -0.25) is 0 Å². The van der Waals surface area contributed by atoms with Crippen molar-refractivity contribution in [3.05, 3.63) is 17.3 Å². The van der Waals surface area contributed by atoms with Gasteiger partial charge in [-0.05, 0) is 6.92 Å². The summed E-state index contributed by atoms with van der Waals surface area (Å²) in [5, 5.41) is 11.7. The predicted molar refractivity (Wildman–Crippen MR) is 43.1 cm³/mol. The standard InChI is InChI=1S/C6H8N4O3/c1-2-3(6(11)12)9-5(13-2)4(7)10-8/h8H2,1H3,(H2,7,10)(H,11,12). The summed E-state index contributed by atoms with van der Waals surface area (Å²) in [6, 6.07) is 0. The van der Waals surface area contributed by atoms with Gasteiger partial charge in [0, 0.05) is 0 Å². The smallest absolute Gasteiger partial charge is 0.358 e. The number of amidine groups is 1. The third-order valence-electron chi connectivity index (χ3n) is 1.36. The normalized spacial score (nSPS) is 11.6. The minimum atomic E-state index is -1.18. The van der Waals surface area contributed by atoms with Crippen LogP contribution in [0.15, 0.2) is 9.52 Å². The highest BCUT2D eigenvalue weighted by Crippen LogP contribution is 2.08. The van der Waals surface area contributed by atoms with Crippen molar-refractivity contribution in [2.75, 3.05) is 0 Å². The zero-order chi connectivity index (χ0) is 10.0. The summed E-state index contributed by atoms with van der Waals surface area (Å²) in [6.45, 7) is 1.46. The Morgan fingerprint density at radius 3 is 2.69 bits per heavy atom. The van der Waals surface area contributed by atoms with Gasteiger partial charge in [0.1, 0.15) is 5.76 Å². The van der Waals surface area contributed by atoms with Crippen molar-refractivity contribution in [2.45, 2.75) is 6.92 Å². The Balaban J connectivity index is 3.16. The molecule has 0 aliphatic heterocycles. The number of carbonyl (C=O) groups is 1. The average Bonchev–Trinajstić information content (AvgIpc) is 2.46. The number of carboxylic acids is 1. The molecule has 0 amide bonds. The maximum atomic E-state index is 10.5. The molecule has 1 heterocycles. The molecule has 7 heteroatoms. The molecule has 0 fully saturated rings. The molecule has 0 spiro atoms. The van der Waals surface area contributed by atoms with Crippen LogP contribution in [0.5, 0.6) is 0 Å². The molecule has 0 aliphatic carbocycles. The fourth-order valence-electron chi connectivity index (χ4n) is 0.760. The van der Waals surface area contributed by atoms with E-state index in [1.807, 2.05) is 0 Å². The number of carboxylic acid groups (broad SMARTS) is 1. The summed E-state index contributed by atoms with van der Waals surface area (Å²) in [5.41, 5.74) is 5.06. The first kappa shape index (κ1) is 9.04. The number of hydrazone groups is 1. The minimum absolute atomic E-state index is 0.0857. The zero-order valence-corrected chi connectivity index (χ0v) is 6.81. The number of oxazole rings is 1. The van der Waals surface area contributed by atoms with Crippen molar-refractivity contribution >= 4 is 11.8 Å². The number of hydrogen-bond donors (Lipinski definition) is 3. The van der Waals surface area contributed by atoms with Crippen LogP contribution in [0.25, 0.3) is 0 Å². The Kier molecular flexibility index (Phi) is 2.18. The number of aromatic nitrogens is 1. The van der Waals surface area contributed by atoms with E-state index in [0.717, 1.165) is 0 Å². The van der Waals surface area contributed by atoms with Crippen molar-refractivity contribution in [3.8, 4) is 0 Å². The number of nitrogens with two attached hydrogens (primary N) is 2. The first-order chi connectivity index (χ1) is 6.06. The lowest BCUT2D eigenvalue weighted by Gasteiger charge is -1.87. The minimum Gasteiger partial charge on any atom is -0.476 e. The average molecular weight is 184 g/mol. The zero-order valence-electron chi connectivity index (χ0n) is 6.81. The summed E-state index contributed by atoms with van der Waals surface area (Å²) < 4.78 is 4.90. The first-order valence-electron chi connectivity index (χ1n) is 3.30. The van der Waals surface area contributed by atoms with Gasteiger partial charge < -0.3 is 21.1 Å². The monoisotopic (exact) mass is 184 g/mol. The van der Waals surface area contributed by atoms with E-state index in [4.69, 9.17) is 21.1 Å². The van der Waals surface area contributed by atoms with E-state index in [2.05, 4.69) is 10.1 Å².